The van der Waals surface area contributed by atoms with Gasteiger partial charge in [-0.1, -0.05) is 26.8 Å². The van der Waals surface area contributed by atoms with Crippen LogP contribution in [0.3, 0.4) is 0 Å². The molecular weight excluding hydrogens is 338 g/mol. The van der Waals surface area contributed by atoms with Crippen LogP contribution in [0.25, 0.3) is 17.0 Å². The molecule has 0 saturated carbocycles. The third kappa shape index (κ3) is 4.44. The molecule has 2 aromatic heterocycles. The smallest absolute Gasteiger partial charge is 0.248 e. The van der Waals surface area contributed by atoms with E-state index in [2.05, 4.69) is 36.1 Å². The van der Waals surface area contributed by atoms with Crippen molar-refractivity contribution in [1.82, 2.24) is 9.97 Å². The average Bonchev–Trinajstić information content (AvgIpc) is 3.02. The van der Waals surface area contributed by atoms with Gasteiger partial charge in [-0.2, -0.15) is 0 Å². The summed E-state index contributed by atoms with van der Waals surface area (Å²) >= 11 is 0. The van der Waals surface area contributed by atoms with Crippen LogP contribution in [0.15, 0.2) is 42.5 Å². The Bertz CT molecular complexity index is 1010. The number of aromatic nitrogens is 2. The van der Waals surface area contributed by atoms with Crippen molar-refractivity contribution < 1.29 is 9.90 Å². The molecule has 3 N–H and O–H groups in total. The molecule has 27 heavy (non-hydrogen) atoms. The van der Waals surface area contributed by atoms with Crippen LogP contribution in [0.1, 0.15) is 43.4 Å². The zero-order valence-corrected chi connectivity index (χ0v) is 16.1. The van der Waals surface area contributed by atoms with Gasteiger partial charge in [0.25, 0.3) is 0 Å². The number of hydrogen-bond acceptors (Lipinski definition) is 3. The lowest BCUT2D eigenvalue weighted by atomic mass is 9.91. The summed E-state index contributed by atoms with van der Waals surface area (Å²) in [5.41, 5.74) is 5.23. The maximum atomic E-state index is 12.3. The van der Waals surface area contributed by atoms with Gasteiger partial charge >= 0.3 is 0 Å². The van der Waals surface area contributed by atoms with Crippen LogP contribution in [-0.2, 0) is 16.8 Å². The van der Waals surface area contributed by atoms with Crippen LogP contribution < -0.4 is 5.32 Å². The van der Waals surface area contributed by atoms with Crippen LogP contribution in [0.2, 0.25) is 0 Å². The summed E-state index contributed by atoms with van der Waals surface area (Å²) in [7, 11) is 0. The van der Waals surface area contributed by atoms with Crippen molar-refractivity contribution in [2.75, 3.05) is 5.32 Å². The van der Waals surface area contributed by atoms with Crippen molar-refractivity contribution in [3.63, 3.8) is 0 Å². The highest BCUT2D eigenvalue weighted by molar-refractivity contribution is 6.03. The van der Waals surface area contributed by atoms with Crippen molar-refractivity contribution in [2.45, 2.75) is 39.7 Å². The number of nitrogens with zero attached hydrogens (tertiary/aromatic N) is 1. The van der Waals surface area contributed by atoms with E-state index in [1.165, 1.54) is 6.08 Å². The first-order chi connectivity index (χ1) is 12.8. The summed E-state index contributed by atoms with van der Waals surface area (Å²) < 4.78 is 0. The first-order valence-electron chi connectivity index (χ1n) is 8.96. The minimum absolute atomic E-state index is 0.00284. The Balaban J connectivity index is 1.72. The molecule has 0 unspecified atom stereocenters. The number of fused-ring (bicyclic) bond motifs is 1. The summed E-state index contributed by atoms with van der Waals surface area (Å²) in [4.78, 5) is 20.0. The molecule has 5 nitrogen and oxygen atoms in total. The summed E-state index contributed by atoms with van der Waals surface area (Å²) in [6.07, 6.45) is 3.30. The van der Waals surface area contributed by atoms with E-state index in [4.69, 9.17) is 0 Å². The summed E-state index contributed by atoms with van der Waals surface area (Å²) in [6.45, 7) is 8.29. The highest BCUT2D eigenvalue weighted by atomic mass is 16.3. The van der Waals surface area contributed by atoms with E-state index < -0.39 is 0 Å². The van der Waals surface area contributed by atoms with E-state index in [0.29, 0.717) is 5.69 Å². The highest BCUT2D eigenvalue weighted by Crippen LogP contribution is 2.22. The minimum atomic E-state index is -0.202. The number of anilines is 1. The van der Waals surface area contributed by atoms with Gasteiger partial charge < -0.3 is 15.4 Å². The van der Waals surface area contributed by atoms with Gasteiger partial charge in [0.15, 0.2) is 0 Å². The molecule has 0 spiro atoms. The third-order valence-corrected chi connectivity index (χ3v) is 4.42. The molecule has 0 saturated heterocycles. The Hall–Kier alpha value is -2.92. The molecule has 0 aliphatic carbocycles. The molecule has 1 aromatic carbocycles. The second-order valence-electron chi connectivity index (χ2n) is 7.70. The van der Waals surface area contributed by atoms with Gasteiger partial charge in [-0.05, 0) is 48.9 Å². The van der Waals surface area contributed by atoms with Gasteiger partial charge in [0.2, 0.25) is 5.91 Å². The standard InChI is InChI=1S/C22H25N3O2/c1-14-15(5-9-20(23-14)22(2,3)4)6-10-21(27)25-17-7-8-19-16(11-17)12-18(13-26)24-19/h5-12,24,26H,13H2,1-4H3,(H,25,27). The van der Waals surface area contributed by atoms with E-state index in [-0.39, 0.29) is 17.9 Å². The number of carbonyl (C=O) groups is 1. The summed E-state index contributed by atoms with van der Waals surface area (Å²) in [5, 5.41) is 13.0. The molecule has 140 valence electrons. The van der Waals surface area contributed by atoms with E-state index in [1.54, 1.807) is 6.08 Å². The van der Waals surface area contributed by atoms with Crippen LogP contribution in [0.5, 0.6) is 0 Å². The predicted molar refractivity (Wildman–Crippen MR) is 110 cm³/mol. The number of amides is 1. The largest absolute Gasteiger partial charge is 0.390 e. The lowest BCUT2D eigenvalue weighted by Gasteiger charge is -2.18. The summed E-state index contributed by atoms with van der Waals surface area (Å²) in [5.74, 6) is -0.202. The van der Waals surface area contributed by atoms with Gasteiger partial charge in [0.05, 0.1) is 6.61 Å². The van der Waals surface area contributed by atoms with E-state index in [9.17, 15) is 9.90 Å². The fourth-order valence-corrected chi connectivity index (χ4v) is 2.87. The molecule has 0 bridgehead atoms. The van der Waals surface area contributed by atoms with Crippen LogP contribution in [0, 0.1) is 6.92 Å². The lowest BCUT2D eigenvalue weighted by Crippen LogP contribution is -2.14. The number of pyridine rings is 1. The van der Waals surface area contributed by atoms with Crippen molar-refractivity contribution >= 4 is 28.6 Å². The zero-order valence-electron chi connectivity index (χ0n) is 16.1. The molecule has 0 radical (unpaired) electrons. The quantitative estimate of drug-likeness (QED) is 0.604. The number of aliphatic hydroxyl groups is 1. The molecule has 3 aromatic rings. The maximum absolute atomic E-state index is 12.3. The first kappa shape index (κ1) is 18.9. The Morgan fingerprint density at radius 1 is 1.22 bits per heavy atom. The van der Waals surface area contributed by atoms with Crippen LogP contribution in [0.4, 0.5) is 5.69 Å². The number of benzene rings is 1. The van der Waals surface area contributed by atoms with Gasteiger partial charge in [0, 0.05) is 45.2 Å². The van der Waals surface area contributed by atoms with Crippen molar-refractivity contribution in [3.05, 3.63) is 65.1 Å². The van der Waals surface area contributed by atoms with Gasteiger partial charge in [0.1, 0.15) is 0 Å². The van der Waals surface area contributed by atoms with Gasteiger partial charge in [-0.3, -0.25) is 9.78 Å². The fourth-order valence-electron chi connectivity index (χ4n) is 2.87. The van der Waals surface area contributed by atoms with Gasteiger partial charge in [-0.25, -0.2) is 0 Å². The Kier molecular flexibility index (Phi) is 5.15. The van der Waals surface area contributed by atoms with E-state index in [1.807, 2.05) is 43.3 Å². The molecule has 2 heterocycles. The van der Waals surface area contributed by atoms with Crippen LogP contribution in [-0.4, -0.2) is 21.0 Å². The molecule has 0 atom stereocenters. The normalized spacial score (nSPS) is 12.0. The SMILES string of the molecule is Cc1nc(C(C)(C)C)ccc1C=CC(=O)Nc1ccc2[nH]c(CO)cc2c1. The Morgan fingerprint density at radius 2 is 2.00 bits per heavy atom. The average molecular weight is 363 g/mol. The molecular formula is C22H25N3O2. The number of aliphatic hydroxyl groups excluding tert-OH is 1. The molecule has 0 aliphatic rings. The minimum Gasteiger partial charge on any atom is -0.390 e. The number of rotatable bonds is 4. The Morgan fingerprint density at radius 3 is 2.67 bits per heavy atom. The van der Waals surface area contributed by atoms with Crippen LogP contribution >= 0.6 is 0 Å². The molecule has 0 fully saturated rings. The number of carbonyl (C=O) groups excluding carboxylic acids is 1. The monoisotopic (exact) mass is 363 g/mol. The maximum Gasteiger partial charge on any atom is 0.248 e. The number of nitrogens with one attached hydrogen (secondary N) is 2. The number of aromatic amines is 1. The zero-order chi connectivity index (χ0) is 19.6. The molecule has 1 amide bonds. The van der Waals surface area contributed by atoms with Crippen molar-refractivity contribution in [3.8, 4) is 0 Å². The number of hydrogen-bond donors (Lipinski definition) is 3. The third-order valence-electron chi connectivity index (χ3n) is 4.42. The van der Waals surface area contributed by atoms with E-state index in [0.717, 1.165) is 33.5 Å². The number of aryl methyl sites for hydroxylation is 1. The van der Waals surface area contributed by atoms with Gasteiger partial charge in [-0.15, -0.1) is 0 Å². The highest BCUT2D eigenvalue weighted by Gasteiger charge is 2.15. The second-order valence-corrected chi connectivity index (χ2v) is 7.70. The predicted octanol–water partition coefficient (Wildman–Crippen LogP) is 4.31. The Labute approximate surface area is 159 Å². The van der Waals surface area contributed by atoms with Crippen molar-refractivity contribution in [2.24, 2.45) is 0 Å². The summed E-state index contributed by atoms with van der Waals surface area (Å²) in [6, 6.07) is 11.5. The topological polar surface area (TPSA) is 78.0 Å². The molecule has 3 rings (SSSR count). The molecule has 0 aliphatic heterocycles. The van der Waals surface area contributed by atoms with Crippen molar-refractivity contribution in [1.29, 1.82) is 0 Å². The second kappa shape index (κ2) is 7.37. The van der Waals surface area contributed by atoms with E-state index >= 15 is 0 Å². The fraction of sp³-hybridized carbons (Fsp3) is 0.273. The molecule has 5 heteroatoms. The lowest BCUT2D eigenvalue weighted by molar-refractivity contribution is -0.111. The number of H-pyrrole nitrogens is 1. The first-order valence-corrected chi connectivity index (χ1v) is 8.96.